The number of nitrogens with one attached hydrogen (secondary N) is 4. The molecule has 6 aromatic heterocycles. The summed E-state index contributed by atoms with van der Waals surface area (Å²) in [6.07, 6.45) is 15.1. The fraction of sp³-hybridized carbons (Fsp3) is 0.226. The van der Waals surface area contributed by atoms with Gasteiger partial charge in [0.15, 0.2) is 0 Å². The monoisotopic (exact) mass is 2160 g/mol. The zero-order valence-electron chi connectivity index (χ0n) is 80.6. The molecule has 0 saturated carbocycles. The minimum absolute atomic E-state index is 0.285. The Morgan fingerprint density at radius 2 is 0.617 bits per heavy atom. The smallest absolute Gasteiger partial charge is 0.416 e. The second-order valence-electron chi connectivity index (χ2n) is 36.0. The van der Waals surface area contributed by atoms with E-state index in [0.717, 1.165) is 180 Å². The molecule has 4 amide bonds. The third kappa shape index (κ3) is 25.1. The lowest BCUT2D eigenvalue weighted by Gasteiger charge is -2.35. The predicted octanol–water partition coefficient (Wildman–Crippen LogP) is 28.8. The highest BCUT2D eigenvalue weighted by Gasteiger charge is 2.41. The Bertz CT molecular complexity index is 7380. The van der Waals surface area contributed by atoms with Crippen LogP contribution in [0.1, 0.15) is 130 Å². The summed E-state index contributed by atoms with van der Waals surface area (Å²) in [6.45, 7) is 6.03. The minimum Gasteiger partial charge on any atom is -0.494 e. The molecule has 0 bridgehead atoms. The zero-order chi connectivity index (χ0) is 103. The predicted molar refractivity (Wildman–Crippen MR) is 581 cm³/mol. The van der Waals surface area contributed by atoms with Crippen LogP contribution in [0, 0.1) is 5.82 Å². The van der Waals surface area contributed by atoms with Crippen LogP contribution in [0.2, 0.25) is 30.1 Å². The van der Waals surface area contributed by atoms with Crippen molar-refractivity contribution < 1.29 is 61.5 Å². The number of carbonyl (C=O) groups is 4. The van der Waals surface area contributed by atoms with Crippen LogP contribution in [-0.2, 0) is 38.8 Å². The first kappa shape index (κ1) is 103. The van der Waals surface area contributed by atoms with Crippen LogP contribution >= 0.6 is 92.8 Å². The number of unbranched alkanes of at least 4 members (excludes halogenated alkanes) is 2. The number of carbonyl (C=O) groups excluding carboxylic acids is 4. The maximum absolute atomic E-state index is 13.5. The number of hydrogen-bond acceptors (Lipinski definition) is 15. The number of imidazole rings is 1. The number of halogens is 9. The van der Waals surface area contributed by atoms with Crippen LogP contribution in [0.5, 0.6) is 46.0 Å². The van der Waals surface area contributed by atoms with Gasteiger partial charge in [0.1, 0.15) is 88.6 Å². The van der Waals surface area contributed by atoms with Gasteiger partial charge in [-0.3, -0.25) is 24.3 Å². The summed E-state index contributed by atoms with van der Waals surface area (Å²) in [4.78, 5) is 82.7. The van der Waals surface area contributed by atoms with Gasteiger partial charge in [0.05, 0.1) is 32.8 Å². The van der Waals surface area contributed by atoms with E-state index in [2.05, 4.69) is 39.6 Å². The molecule has 34 heteroatoms. The Morgan fingerprint density at radius 1 is 0.322 bits per heavy atom. The third-order valence-electron chi connectivity index (χ3n) is 26.3. The molecule has 0 fully saturated rings. The molecule has 0 radical (unpaired) electrons. The second kappa shape index (κ2) is 48.8. The maximum Gasteiger partial charge on any atom is 0.416 e. The fourth-order valence-corrected chi connectivity index (χ4v) is 20.4. The quantitative estimate of drug-likeness (QED) is 0.0262. The van der Waals surface area contributed by atoms with Crippen molar-refractivity contribution in [1.82, 2.24) is 63.9 Å². The topological polar surface area (TPSA) is 267 Å². The molecule has 0 saturated heterocycles. The third-order valence-corrected chi connectivity index (χ3v) is 28.3. The van der Waals surface area contributed by atoms with E-state index in [9.17, 15) is 23.6 Å². The van der Waals surface area contributed by atoms with Crippen molar-refractivity contribution in [2.24, 2.45) is 0 Å². The molecule has 4 aliphatic heterocycles. The number of aromatic nitrogens is 9. The number of benzene rings is 12. The molecule has 0 spiro atoms. The van der Waals surface area contributed by atoms with Crippen LogP contribution in [0.3, 0.4) is 0 Å². The van der Waals surface area contributed by atoms with Crippen molar-refractivity contribution in [3.63, 3.8) is 0 Å². The van der Waals surface area contributed by atoms with E-state index in [1.807, 2.05) is 205 Å². The van der Waals surface area contributed by atoms with Crippen LogP contribution in [0.4, 0.5) is 23.6 Å². The normalized spacial score (nSPS) is 15.0. The lowest BCUT2D eigenvalue weighted by molar-refractivity contribution is 0.134. The number of rotatable bonds is 28. The SMILES string of the molecule is O=C(Oc1ccc(Cl)cc1)N1CCc2c([nH]c3ccc(Cl)cc23)C1c1ccc(OCCCCn2ccnc2)cc1.O=C(Oc1ccc(Cl)cc1)N1CCc2c([nH]c3ccc(Cl)cc23)C1c1ccc(OCCCCn2cncn2)cc1.O=C(Oc1ccc(F)cc1)N1CCc2c([nH]c3ccc(Cl)cc23)C1c1ccc(OCCCCl)cc1.O=C(Oc1ccccc1)N1CCc2c([nH]c3ccc(Cl)cc23)C1c1ccc(OCCCCl)cc1. The van der Waals surface area contributed by atoms with Gasteiger partial charge in [0.2, 0.25) is 0 Å². The number of amides is 4. The Hall–Kier alpha value is -14.3. The summed E-state index contributed by atoms with van der Waals surface area (Å²) in [6, 6.07) is 81.2. The Kier molecular flexibility index (Phi) is 33.8. The molecule has 4 unspecified atom stereocenters. The second-order valence-corrected chi connectivity index (χ2v) is 39.4. The number of hydrogen-bond donors (Lipinski definition) is 4. The van der Waals surface area contributed by atoms with Gasteiger partial charge in [-0.2, -0.15) is 5.10 Å². The summed E-state index contributed by atoms with van der Waals surface area (Å²) in [5.41, 5.74) is 16.1. The molecule has 18 aromatic rings. The van der Waals surface area contributed by atoms with Gasteiger partial charge in [0, 0.05) is 160 Å². The van der Waals surface area contributed by atoms with Crippen LogP contribution < -0.4 is 37.9 Å². The summed E-state index contributed by atoms with van der Waals surface area (Å²) in [7, 11) is 0. The molecule has 4 aliphatic rings. The van der Waals surface area contributed by atoms with Crippen molar-refractivity contribution in [2.75, 3.05) is 64.4 Å². The standard InChI is InChI=1S/C31H28Cl2N4O3.C30H27Cl2N5O3.C27H23Cl2FN2O3.C27H24Cl2N2O3/c32-22-5-10-25(11-6-22)40-31(38)37-16-13-26-27-19-23(33)7-12-28(27)35-29(26)30(37)21-3-8-24(9-4-21)39-18-2-1-15-36-17-14-34-20-36;31-21-5-10-24(11-6-21)40-30(38)37-15-13-25-26-17-22(32)7-12-27(26)35-28(25)29(37)20-3-8-23(9-4-20)39-16-2-1-14-36-19-33-18-34-36;28-13-1-15-34-20-7-2-17(3-8-20)26-25-22(23-16-18(29)4-11-24(23)31-25)12-14-32(26)27(33)35-21-9-5-19(30)6-10-21;28-14-4-16-33-20-10-7-18(8-11-20)26-25-22(23-17-19(29)9-12-24(23)30-25)13-15-31(26)27(32)34-21-5-2-1-3-6-21/h3-12,14,17,19-20,30,35H,1-2,13,15-16,18H2;3-12,17-19,29,35H,1-2,13-16H2;2-11,16,26,31H,1,12-15H2;1-3,5-12,17,26,30H,4,13-16H2. The summed E-state index contributed by atoms with van der Waals surface area (Å²) >= 11 is 48.7. The van der Waals surface area contributed by atoms with E-state index in [1.54, 1.807) is 92.8 Å². The average molecular weight is 2160 g/mol. The molecule has 10 heterocycles. The number of fused-ring (bicyclic) bond motifs is 12. The lowest BCUT2D eigenvalue weighted by Crippen LogP contribution is -2.42. The number of aryl methyl sites for hydroxylation is 2. The number of ether oxygens (including phenoxy) is 8. The van der Waals surface area contributed by atoms with E-state index < -0.39 is 30.1 Å². The number of H-pyrrole nitrogens is 4. The highest BCUT2D eigenvalue weighted by molar-refractivity contribution is 6.33. The van der Waals surface area contributed by atoms with Crippen molar-refractivity contribution >= 4 is 161 Å². The van der Waals surface area contributed by atoms with Gasteiger partial charge in [-0.25, -0.2) is 33.5 Å². The van der Waals surface area contributed by atoms with Crippen LogP contribution in [0.15, 0.2) is 304 Å². The minimum atomic E-state index is -0.508. The van der Waals surface area contributed by atoms with Crippen LogP contribution in [0.25, 0.3) is 43.6 Å². The van der Waals surface area contributed by atoms with Gasteiger partial charge in [0.25, 0.3) is 0 Å². The van der Waals surface area contributed by atoms with E-state index in [-0.39, 0.29) is 30.0 Å². The fourth-order valence-electron chi connectivity index (χ4n) is 19.2. The van der Waals surface area contributed by atoms with E-state index in [0.29, 0.717) is 137 Å². The Balaban J connectivity index is 0.000000125. The van der Waals surface area contributed by atoms with Crippen molar-refractivity contribution in [3.8, 4) is 46.0 Å². The van der Waals surface area contributed by atoms with Crippen molar-refractivity contribution in [1.29, 1.82) is 0 Å². The highest BCUT2D eigenvalue weighted by atomic mass is 35.5. The van der Waals surface area contributed by atoms with E-state index in [4.69, 9.17) is 131 Å². The van der Waals surface area contributed by atoms with Crippen LogP contribution in [-0.4, -0.2) is 153 Å². The number of para-hydroxylation sites is 1. The summed E-state index contributed by atoms with van der Waals surface area (Å²) in [5, 5.41) is 12.3. The first-order valence-electron chi connectivity index (χ1n) is 49.0. The number of nitrogens with zero attached hydrogens (tertiary/aromatic N) is 9. The molecule has 0 aliphatic carbocycles. The first-order chi connectivity index (χ1) is 72.8. The van der Waals surface area contributed by atoms with E-state index >= 15 is 0 Å². The average Bonchev–Trinajstić information content (AvgIpc) is 1.62. The zero-order valence-corrected chi connectivity index (χ0v) is 86.6. The maximum atomic E-state index is 13.5. The van der Waals surface area contributed by atoms with Crippen molar-refractivity contribution in [3.05, 3.63) is 408 Å². The first-order valence-corrected chi connectivity index (χ1v) is 52.4. The molecule has 12 aromatic carbocycles. The van der Waals surface area contributed by atoms with Gasteiger partial charge in [-0.15, -0.1) is 23.2 Å². The van der Waals surface area contributed by atoms with E-state index in [1.165, 1.54) is 36.2 Å². The van der Waals surface area contributed by atoms with Gasteiger partial charge < -0.3 is 62.4 Å². The molecular formula is C115H102Cl8FN13O12. The lowest BCUT2D eigenvalue weighted by atomic mass is 9.92. The molecule has 22 rings (SSSR count). The Labute approximate surface area is 898 Å². The van der Waals surface area contributed by atoms with Crippen molar-refractivity contribution in [2.45, 2.75) is 101 Å². The molecule has 149 heavy (non-hydrogen) atoms. The Morgan fingerprint density at radius 3 is 0.919 bits per heavy atom. The molecule has 25 nitrogen and oxygen atoms in total. The molecular weight excluding hydrogens is 2060 g/mol. The largest absolute Gasteiger partial charge is 0.494 e. The number of alkyl halides is 2. The van der Waals surface area contributed by atoms with Gasteiger partial charge >= 0.3 is 24.4 Å². The summed E-state index contributed by atoms with van der Waals surface area (Å²) in [5.74, 6) is 5.47. The van der Waals surface area contributed by atoms with Gasteiger partial charge in [-0.1, -0.05) is 136 Å². The van der Waals surface area contributed by atoms with Gasteiger partial charge in [-0.05, 0) is 315 Å². The highest BCUT2D eigenvalue weighted by Crippen LogP contribution is 2.47. The summed E-state index contributed by atoms with van der Waals surface area (Å²) < 4.78 is 63.5. The molecule has 762 valence electrons. The number of aromatic amines is 4. The molecule has 4 atom stereocenters. The molecule has 4 N–H and O–H groups in total.